The van der Waals surface area contributed by atoms with Crippen LogP contribution in [0.4, 0.5) is 4.39 Å². The van der Waals surface area contributed by atoms with Gasteiger partial charge in [-0.05, 0) is 30.5 Å². The van der Waals surface area contributed by atoms with E-state index in [2.05, 4.69) is 0 Å². The topological polar surface area (TPSA) is 46.3 Å². The van der Waals surface area contributed by atoms with E-state index in [0.29, 0.717) is 13.0 Å². The quantitative estimate of drug-likeness (QED) is 0.891. The van der Waals surface area contributed by atoms with Gasteiger partial charge in [0.05, 0.1) is 6.42 Å². The Hall–Kier alpha value is -1.13. The van der Waals surface area contributed by atoms with Crippen LogP contribution in [-0.2, 0) is 11.2 Å². The number of benzene rings is 1. The van der Waals surface area contributed by atoms with Gasteiger partial charge < -0.3 is 10.6 Å². The van der Waals surface area contributed by atoms with Gasteiger partial charge in [0.15, 0.2) is 0 Å². The molecule has 0 saturated carbocycles. The van der Waals surface area contributed by atoms with Crippen molar-refractivity contribution in [2.75, 3.05) is 13.1 Å². The molecule has 1 aliphatic heterocycles. The second-order valence-corrected chi connectivity index (χ2v) is 4.55. The van der Waals surface area contributed by atoms with Gasteiger partial charge in [0.2, 0.25) is 5.91 Å². The number of hydrogen-bond acceptors (Lipinski definition) is 2. The first kappa shape index (κ1) is 14.9. The fourth-order valence-corrected chi connectivity index (χ4v) is 2.13. The number of halogens is 2. The summed E-state index contributed by atoms with van der Waals surface area (Å²) in [4.78, 5) is 13.8. The Morgan fingerprint density at radius 3 is 2.67 bits per heavy atom. The van der Waals surface area contributed by atoms with Crippen LogP contribution in [0.2, 0.25) is 0 Å². The number of carbonyl (C=O) groups is 1. The third kappa shape index (κ3) is 3.96. The Morgan fingerprint density at radius 2 is 2.06 bits per heavy atom. The molecular formula is C13H18ClFN2O. The molecular weight excluding hydrogens is 255 g/mol. The Balaban J connectivity index is 0.00000162. The third-order valence-electron chi connectivity index (χ3n) is 3.08. The Kier molecular flexibility index (Phi) is 5.56. The first-order valence-corrected chi connectivity index (χ1v) is 5.93. The van der Waals surface area contributed by atoms with Gasteiger partial charge >= 0.3 is 0 Å². The van der Waals surface area contributed by atoms with Crippen LogP contribution in [0, 0.1) is 5.82 Å². The minimum atomic E-state index is -0.277. The summed E-state index contributed by atoms with van der Waals surface area (Å²) in [6, 6.07) is 6.16. The molecule has 1 saturated heterocycles. The third-order valence-corrected chi connectivity index (χ3v) is 3.08. The van der Waals surface area contributed by atoms with E-state index in [9.17, 15) is 9.18 Å². The van der Waals surface area contributed by atoms with E-state index in [1.165, 1.54) is 12.1 Å². The Bertz CT molecular complexity index is 396. The second-order valence-electron chi connectivity index (χ2n) is 4.55. The van der Waals surface area contributed by atoms with Gasteiger partial charge in [0, 0.05) is 19.1 Å². The number of likely N-dealkylation sites (tertiary alicyclic amines) is 1. The molecule has 1 atom stereocenters. The molecule has 0 spiro atoms. The molecule has 100 valence electrons. The zero-order chi connectivity index (χ0) is 12.3. The molecule has 1 aromatic rings. The molecule has 5 heteroatoms. The molecule has 1 fully saturated rings. The van der Waals surface area contributed by atoms with Gasteiger partial charge in [-0.25, -0.2) is 4.39 Å². The summed E-state index contributed by atoms with van der Waals surface area (Å²) in [5.41, 5.74) is 6.68. The van der Waals surface area contributed by atoms with Crippen molar-refractivity contribution in [3.8, 4) is 0 Å². The van der Waals surface area contributed by atoms with Crippen LogP contribution in [-0.4, -0.2) is 29.9 Å². The molecule has 1 heterocycles. The zero-order valence-corrected chi connectivity index (χ0v) is 11.0. The van der Waals surface area contributed by atoms with Crippen molar-refractivity contribution in [2.45, 2.75) is 25.3 Å². The van der Waals surface area contributed by atoms with Crippen molar-refractivity contribution in [2.24, 2.45) is 5.73 Å². The van der Waals surface area contributed by atoms with Crippen LogP contribution in [0.1, 0.15) is 18.4 Å². The molecule has 1 aliphatic rings. The maximum absolute atomic E-state index is 12.7. The summed E-state index contributed by atoms with van der Waals surface area (Å²) in [7, 11) is 0. The van der Waals surface area contributed by atoms with Crippen molar-refractivity contribution in [3.63, 3.8) is 0 Å². The Labute approximate surface area is 113 Å². The summed E-state index contributed by atoms with van der Waals surface area (Å²) >= 11 is 0. The minimum absolute atomic E-state index is 0. The highest BCUT2D eigenvalue weighted by molar-refractivity contribution is 5.85. The van der Waals surface area contributed by atoms with Crippen LogP contribution in [0.5, 0.6) is 0 Å². The fraction of sp³-hybridized carbons (Fsp3) is 0.462. The molecule has 0 aliphatic carbocycles. The number of rotatable bonds is 2. The summed E-state index contributed by atoms with van der Waals surface area (Å²) in [6.07, 6.45) is 2.28. The standard InChI is InChI=1S/C13H17FN2O.ClH/c14-11-5-3-10(4-6-11)8-13(17)16-7-1-2-12(15)9-16;/h3-6,12H,1-2,7-9,15H2;1H. The summed E-state index contributed by atoms with van der Waals surface area (Å²) < 4.78 is 12.7. The number of nitrogens with zero attached hydrogens (tertiary/aromatic N) is 1. The molecule has 2 N–H and O–H groups in total. The average Bonchev–Trinajstić information content (AvgIpc) is 2.32. The maximum Gasteiger partial charge on any atom is 0.227 e. The smallest absolute Gasteiger partial charge is 0.227 e. The molecule has 3 nitrogen and oxygen atoms in total. The van der Waals surface area contributed by atoms with Crippen LogP contribution in [0.25, 0.3) is 0 Å². The summed E-state index contributed by atoms with van der Waals surface area (Å²) in [6.45, 7) is 1.42. The predicted molar refractivity (Wildman–Crippen MR) is 71.1 cm³/mol. The number of hydrogen-bond donors (Lipinski definition) is 1. The molecule has 0 radical (unpaired) electrons. The van der Waals surface area contributed by atoms with E-state index in [1.54, 1.807) is 17.0 Å². The summed E-state index contributed by atoms with van der Waals surface area (Å²) in [5, 5.41) is 0. The van der Waals surface area contributed by atoms with Crippen molar-refractivity contribution in [1.82, 2.24) is 4.90 Å². The SMILES string of the molecule is Cl.NC1CCCN(C(=O)Cc2ccc(F)cc2)C1. The van der Waals surface area contributed by atoms with Crippen molar-refractivity contribution >= 4 is 18.3 Å². The van der Waals surface area contributed by atoms with Crippen LogP contribution < -0.4 is 5.73 Å². The molecule has 2 rings (SSSR count). The van der Waals surface area contributed by atoms with Crippen LogP contribution in [0.3, 0.4) is 0 Å². The van der Waals surface area contributed by atoms with E-state index in [1.807, 2.05) is 0 Å². The lowest BCUT2D eigenvalue weighted by Gasteiger charge is -2.30. The lowest BCUT2D eigenvalue weighted by molar-refractivity contribution is -0.131. The molecule has 1 unspecified atom stereocenters. The van der Waals surface area contributed by atoms with Crippen LogP contribution >= 0.6 is 12.4 Å². The van der Waals surface area contributed by atoms with E-state index in [4.69, 9.17) is 5.73 Å². The molecule has 1 aromatic carbocycles. The molecule has 0 aromatic heterocycles. The maximum atomic E-state index is 12.7. The number of piperidine rings is 1. The van der Waals surface area contributed by atoms with E-state index in [-0.39, 0.29) is 30.2 Å². The lowest BCUT2D eigenvalue weighted by Crippen LogP contribution is -2.46. The van der Waals surface area contributed by atoms with Crippen molar-refractivity contribution in [1.29, 1.82) is 0 Å². The minimum Gasteiger partial charge on any atom is -0.341 e. The molecule has 0 bridgehead atoms. The average molecular weight is 273 g/mol. The second kappa shape index (κ2) is 6.71. The number of carbonyl (C=O) groups excluding carboxylic acids is 1. The molecule has 1 amide bonds. The fourth-order valence-electron chi connectivity index (χ4n) is 2.13. The van der Waals surface area contributed by atoms with E-state index < -0.39 is 0 Å². The zero-order valence-electron chi connectivity index (χ0n) is 10.1. The van der Waals surface area contributed by atoms with Gasteiger partial charge in [-0.2, -0.15) is 0 Å². The van der Waals surface area contributed by atoms with Crippen molar-refractivity contribution in [3.05, 3.63) is 35.6 Å². The van der Waals surface area contributed by atoms with Gasteiger partial charge in [-0.15, -0.1) is 12.4 Å². The van der Waals surface area contributed by atoms with Gasteiger partial charge in [-0.1, -0.05) is 12.1 Å². The van der Waals surface area contributed by atoms with Crippen LogP contribution in [0.15, 0.2) is 24.3 Å². The monoisotopic (exact) mass is 272 g/mol. The number of nitrogens with two attached hydrogens (primary N) is 1. The first-order chi connectivity index (χ1) is 8.15. The Morgan fingerprint density at radius 1 is 1.39 bits per heavy atom. The largest absolute Gasteiger partial charge is 0.341 e. The van der Waals surface area contributed by atoms with Gasteiger partial charge in [-0.3, -0.25) is 4.79 Å². The predicted octanol–water partition coefficient (Wildman–Crippen LogP) is 1.74. The summed E-state index contributed by atoms with van der Waals surface area (Å²) in [5.74, 6) is -0.201. The van der Waals surface area contributed by atoms with E-state index >= 15 is 0 Å². The highest BCUT2D eigenvalue weighted by atomic mass is 35.5. The first-order valence-electron chi connectivity index (χ1n) is 5.93. The van der Waals surface area contributed by atoms with E-state index in [0.717, 1.165) is 24.9 Å². The highest BCUT2D eigenvalue weighted by Gasteiger charge is 2.20. The normalized spacial score (nSPS) is 19.2. The van der Waals surface area contributed by atoms with Crippen molar-refractivity contribution < 1.29 is 9.18 Å². The van der Waals surface area contributed by atoms with Gasteiger partial charge in [0.1, 0.15) is 5.82 Å². The highest BCUT2D eigenvalue weighted by Crippen LogP contribution is 2.11. The van der Waals surface area contributed by atoms with Gasteiger partial charge in [0.25, 0.3) is 0 Å². The number of amides is 1. The molecule has 18 heavy (non-hydrogen) atoms. The lowest BCUT2D eigenvalue weighted by atomic mass is 10.1.